The standard InChI is InChI=1S/C16H17BrO3S/c1-21(18,19)16-9-7-15(8-10-16)20-12-14(11-17)13-5-3-2-4-6-13/h2-10,14H,11-12H2,1H3. The summed E-state index contributed by atoms with van der Waals surface area (Å²) in [6, 6.07) is 16.6. The van der Waals surface area contributed by atoms with Crippen LogP contribution in [0.25, 0.3) is 0 Å². The number of sulfone groups is 1. The fraction of sp³-hybridized carbons (Fsp3) is 0.250. The zero-order valence-corrected chi connectivity index (χ0v) is 14.1. The molecule has 0 radical (unpaired) electrons. The van der Waals surface area contributed by atoms with E-state index in [-0.39, 0.29) is 5.92 Å². The molecule has 0 fully saturated rings. The van der Waals surface area contributed by atoms with Gasteiger partial charge in [0, 0.05) is 17.5 Å². The van der Waals surface area contributed by atoms with Crippen molar-refractivity contribution in [3.63, 3.8) is 0 Å². The predicted octanol–water partition coefficient (Wildman–Crippen LogP) is 3.65. The highest BCUT2D eigenvalue weighted by molar-refractivity contribution is 9.09. The maximum atomic E-state index is 11.4. The molecule has 0 heterocycles. The largest absolute Gasteiger partial charge is 0.493 e. The molecule has 112 valence electrons. The Hall–Kier alpha value is -1.33. The highest BCUT2D eigenvalue weighted by Crippen LogP contribution is 2.21. The molecule has 0 aromatic heterocycles. The van der Waals surface area contributed by atoms with Gasteiger partial charge in [0.25, 0.3) is 0 Å². The fourth-order valence-corrected chi connectivity index (χ4v) is 3.13. The molecule has 2 aromatic carbocycles. The highest BCUT2D eigenvalue weighted by atomic mass is 79.9. The molecule has 0 spiro atoms. The van der Waals surface area contributed by atoms with Crippen molar-refractivity contribution in [2.45, 2.75) is 10.8 Å². The van der Waals surface area contributed by atoms with Crippen LogP contribution in [0.1, 0.15) is 11.5 Å². The molecule has 2 aromatic rings. The van der Waals surface area contributed by atoms with Crippen molar-refractivity contribution in [2.24, 2.45) is 0 Å². The van der Waals surface area contributed by atoms with Crippen molar-refractivity contribution >= 4 is 25.8 Å². The lowest BCUT2D eigenvalue weighted by Gasteiger charge is -2.15. The molecule has 0 bridgehead atoms. The molecule has 0 aliphatic heterocycles. The summed E-state index contributed by atoms with van der Waals surface area (Å²) >= 11 is 3.50. The van der Waals surface area contributed by atoms with Gasteiger partial charge >= 0.3 is 0 Å². The van der Waals surface area contributed by atoms with Crippen LogP contribution in [0.5, 0.6) is 5.75 Å². The van der Waals surface area contributed by atoms with Gasteiger partial charge in [-0.1, -0.05) is 46.3 Å². The third-order valence-corrected chi connectivity index (χ3v) is 5.07. The SMILES string of the molecule is CS(=O)(=O)c1ccc(OCC(CBr)c2ccccc2)cc1. The van der Waals surface area contributed by atoms with Crippen molar-refractivity contribution in [2.75, 3.05) is 18.2 Å². The van der Waals surface area contributed by atoms with Gasteiger partial charge in [-0.25, -0.2) is 8.42 Å². The summed E-state index contributed by atoms with van der Waals surface area (Å²) in [7, 11) is -3.16. The Balaban J connectivity index is 2.02. The third kappa shape index (κ3) is 4.58. The van der Waals surface area contributed by atoms with Gasteiger partial charge in [0.2, 0.25) is 0 Å². The number of rotatable bonds is 6. The van der Waals surface area contributed by atoms with Crippen molar-refractivity contribution in [3.05, 3.63) is 60.2 Å². The summed E-state index contributed by atoms with van der Waals surface area (Å²) in [5.74, 6) is 0.921. The Kier molecular flexibility index (Phi) is 5.42. The molecule has 2 rings (SSSR count). The van der Waals surface area contributed by atoms with Gasteiger partial charge < -0.3 is 4.74 Å². The van der Waals surface area contributed by atoms with Crippen LogP contribution in [0.3, 0.4) is 0 Å². The summed E-state index contributed by atoms with van der Waals surface area (Å²) < 4.78 is 28.5. The van der Waals surface area contributed by atoms with Crippen molar-refractivity contribution in [1.82, 2.24) is 0 Å². The van der Waals surface area contributed by atoms with Crippen LogP contribution < -0.4 is 4.74 Å². The average Bonchev–Trinajstić information content (AvgIpc) is 2.48. The summed E-state index contributed by atoms with van der Waals surface area (Å²) in [4.78, 5) is 0.301. The molecule has 3 nitrogen and oxygen atoms in total. The maximum absolute atomic E-state index is 11.4. The van der Waals surface area contributed by atoms with Crippen molar-refractivity contribution in [3.8, 4) is 5.75 Å². The maximum Gasteiger partial charge on any atom is 0.175 e. The summed E-state index contributed by atoms with van der Waals surface area (Å²) in [6.45, 7) is 0.535. The molecule has 21 heavy (non-hydrogen) atoms. The third-order valence-electron chi connectivity index (χ3n) is 3.16. The fourth-order valence-electron chi connectivity index (χ4n) is 1.93. The molecule has 5 heteroatoms. The summed E-state index contributed by atoms with van der Waals surface area (Å²) in [5.41, 5.74) is 1.21. The van der Waals surface area contributed by atoms with E-state index in [4.69, 9.17) is 4.74 Å². The number of halogens is 1. The van der Waals surface area contributed by atoms with Crippen LogP contribution in [0.4, 0.5) is 0 Å². The van der Waals surface area contributed by atoms with E-state index in [2.05, 4.69) is 28.1 Å². The molecular weight excluding hydrogens is 352 g/mol. The second-order valence-corrected chi connectivity index (χ2v) is 7.48. The van der Waals surface area contributed by atoms with Crippen LogP contribution in [0.15, 0.2) is 59.5 Å². The number of hydrogen-bond acceptors (Lipinski definition) is 3. The zero-order chi connectivity index (χ0) is 15.3. The monoisotopic (exact) mass is 368 g/mol. The second-order valence-electron chi connectivity index (χ2n) is 4.82. The van der Waals surface area contributed by atoms with E-state index in [1.807, 2.05) is 18.2 Å². The minimum atomic E-state index is -3.16. The van der Waals surface area contributed by atoms with Crippen molar-refractivity contribution in [1.29, 1.82) is 0 Å². The lowest BCUT2D eigenvalue weighted by molar-refractivity contribution is 0.298. The van der Waals surface area contributed by atoms with Crippen LogP contribution >= 0.6 is 15.9 Å². The van der Waals surface area contributed by atoms with E-state index in [9.17, 15) is 8.42 Å². The predicted molar refractivity (Wildman–Crippen MR) is 88.0 cm³/mol. The Bertz CT molecular complexity index is 666. The van der Waals surface area contributed by atoms with Crippen LogP contribution in [-0.4, -0.2) is 26.6 Å². The first-order chi connectivity index (χ1) is 10.0. The molecule has 0 N–H and O–H groups in total. The van der Waals surface area contributed by atoms with E-state index >= 15 is 0 Å². The second kappa shape index (κ2) is 7.09. The number of ether oxygens (including phenoxy) is 1. The molecule has 0 aliphatic carbocycles. The Morgan fingerprint density at radius 1 is 1.05 bits per heavy atom. The van der Waals surface area contributed by atoms with Crippen molar-refractivity contribution < 1.29 is 13.2 Å². The van der Waals surface area contributed by atoms with Gasteiger partial charge in [0.05, 0.1) is 11.5 Å². The van der Waals surface area contributed by atoms with E-state index in [1.54, 1.807) is 24.3 Å². The lowest BCUT2D eigenvalue weighted by atomic mass is 10.0. The normalized spacial score (nSPS) is 12.9. The number of hydrogen-bond donors (Lipinski definition) is 0. The molecule has 0 aliphatic rings. The van der Waals surface area contributed by atoms with E-state index in [1.165, 1.54) is 11.8 Å². The molecule has 0 saturated carbocycles. The Labute approximate surface area is 134 Å². The highest BCUT2D eigenvalue weighted by Gasteiger charge is 2.11. The lowest BCUT2D eigenvalue weighted by Crippen LogP contribution is -2.11. The molecular formula is C16H17BrO3S. The van der Waals surface area contributed by atoms with Crippen LogP contribution in [0, 0.1) is 0 Å². The van der Waals surface area contributed by atoms with E-state index < -0.39 is 9.84 Å². The first-order valence-corrected chi connectivity index (χ1v) is 9.56. The van der Waals surface area contributed by atoms with Gasteiger partial charge in [-0.15, -0.1) is 0 Å². The van der Waals surface area contributed by atoms with Gasteiger partial charge in [-0.3, -0.25) is 0 Å². The first kappa shape index (κ1) is 16.0. The average molecular weight is 369 g/mol. The van der Waals surface area contributed by atoms with E-state index in [0.717, 1.165) is 5.33 Å². The summed E-state index contributed by atoms with van der Waals surface area (Å²) in [6.07, 6.45) is 1.19. The minimum absolute atomic E-state index is 0.251. The minimum Gasteiger partial charge on any atom is -0.493 e. The Morgan fingerprint density at radius 3 is 2.19 bits per heavy atom. The topological polar surface area (TPSA) is 43.4 Å². The summed E-state index contributed by atoms with van der Waals surface area (Å²) in [5, 5.41) is 0.804. The molecule has 0 saturated heterocycles. The van der Waals surface area contributed by atoms with Gasteiger partial charge in [0.15, 0.2) is 9.84 Å². The van der Waals surface area contributed by atoms with Gasteiger partial charge in [0.1, 0.15) is 5.75 Å². The van der Waals surface area contributed by atoms with Crippen LogP contribution in [-0.2, 0) is 9.84 Å². The van der Waals surface area contributed by atoms with Crippen LogP contribution in [0.2, 0.25) is 0 Å². The first-order valence-electron chi connectivity index (χ1n) is 6.54. The molecule has 0 amide bonds. The number of benzene rings is 2. The molecule has 1 atom stereocenters. The van der Waals surface area contributed by atoms with Gasteiger partial charge in [-0.2, -0.15) is 0 Å². The molecule has 1 unspecified atom stereocenters. The van der Waals surface area contributed by atoms with Gasteiger partial charge in [-0.05, 0) is 29.8 Å². The Morgan fingerprint density at radius 2 is 1.67 bits per heavy atom. The zero-order valence-electron chi connectivity index (χ0n) is 11.7. The van der Waals surface area contributed by atoms with E-state index in [0.29, 0.717) is 17.3 Å². The smallest absolute Gasteiger partial charge is 0.175 e. The quantitative estimate of drug-likeness (QED) is 0.730. The number of alkyl halides is 1.